The molecule has 0 radical (unpaired) electrons. The lowest BCUT2D eigenvalue weighted by molar-refractivity contribution is 0.0811. The number of aromatic nitrogens is 2. The zero-order valence-corrected chi connectivity index (χ0v) is 12.4. The van der Waals surface area contributed by atoms with Gasteiger partial charge in [0.25, 0.3) is 0 Å². The second-order valence-corrected chi connectivity index (χ2v) is 5.79. The lowest BCUT2D eigenvalue weighted by atomic mass is 9.82. The Balaban J connectivity index is 2.11. The van der Waals surface area contributed by atoms with Crippen LogP contribution in [0.25, 0.3) is 0 Å². The van der Waals surface area contributed by atoms with Crippen LogP contribution < -0.4 is 5.32 Å². The first-order chi connectivity index (χ1) is 9.06. The van der Waals surface area contributed by atoms with Crippen LogP contribution in [0.2, 0.25) is 0 Å². The van der Waals surface area contributed by atoms with Gasteiger partial charge in [-0.3, -0.25) is 4.68 Å². The Hall–Kier alpha value is -0.900. The topological polar surface area (TPSA) is 29.9 Å². The number of halogens is 1. The molecule has 2 unspecified atom stereocenters. The Labute approximate surface area is 115 Å². The number of hydrogen-bond donors (Lipinski definition) is 1. The van der Waals surface area contributed by atoms with Crippen molar-refractivity contribution in [1.29, 1.82) is 0 Å². The maximum atomic E-state index is 15.0. The van der Waals surface area contributed by atoms with E-state index in [1.54, 1.807) is 6.92 Å². The van der Waals surface area contributed by atoms with Gasteiger partial charge in [0.2, 0.25) is 0 Å². The number of rotatable bonds is 5. The first-order valence-corrected chi connectivity index (χ1v) is 7.52. The molecule has 0 amide bonds. The summed E-state index contributed by atoms with van der Waals surface area (Å²) in [5, 5.41) is 7.82. The van der Waals surface area contributed by atoms with Crippen molar-refractivity contribution in [2.45, 2.75) is 58.7 Å². The van der Waals surface area contributed by atoms with Gasteiger partial charge in [0.05, 0.1) is 5.69 Å². The van der Waals surface area contributed by atoms with Crippen LogP contribution in [0, 0.1) is 5.92 Å². The molecule has 0 spiro atoms. The summed E-state index contributed by atoms with van der Waals surface area (Å²) in [5.41, 5.74) is 0.954. The third kappa shape index (κ3) is 3.35. The molecule has 1 aliphatic rings. The van der Waals surface area contributed by atoms with E-state index < -0.39 is 5.67 Å². The van der Waals surface area contributed by atoms with Crippen LogP contribution in [0.4, 0.5) is 4.39 Å². The summed E-state index contributed by atoms with van der Waals surface area (Å²) < 4.78 is 17.0. The number of nitrogens with zero attached hydrogens (tertiary/aromatic N) is 2. The second kappa shape index (κ2) is 6.04. The maximum Gasteiger partial charge on any atom is 0.117 e. The number of hydrogen-bond acceptors (Lipinski definition) is 2. The summed E-state index contributed by atoms with van der Waals surface area (Å²) in [6, 6.07) is 2.07. The van der Waals surface area contributed by atoms with Gasteiger partial charge in [0.1, 0.15) is 5.67 Å². The lowest BCUT2D eigenvalue weighted by Crippen LogP contribution is -2.43. The molecule has 1 aromatic rings. The van der Waals surface area contributed by atoms with Gasteiger partial charge in [-0.2, -0.15) is 5.10 Å². The molecular weight excluding hydrogens is 241 g/mol. The zero-order chi connectivity index (χ0) is 13.9. The van der Waals surface area contributed by atoms with Crippen molar-refractivity contribution in [3.8, 4) is 0 Å². The molecule has 108 valence electrons. The minimum Gasteiger partial charge on any atom is -0.316 e. The molecule has 2 heterocycles. The van der Waals surface area contributed by atoms with E-state index in [1.807, 2.05) is 4.68 Å². The summed E-state index contributed by atoms with van der Waals surface area (Å²) in [7, 11) is 0. The van der Waals surface area contributed by atoms with Crippen LogP contribution in [0.5, 0.6) is 0 Å². The molecule has 1 N–H and O–H groups in total. The van der Waals surface area contributed by atoms with E-state index in [0.29, 0.717) is 6.42 Å². The van der Waals surface area contributed by atoms with E-state index >= 15 is 4.39 Å². The van der Waals surface area contributed by atoms with Crippen molar-refractivity contribution in [3.63, 3.8) is 0 Å². The molecule has 0 aromatic carbocycles. The Morgan fingerprint density at radius 3 is 2.89 bits per heavy atom. The normalized spacial score (nSPS) is 23.3. The number of alkyl halides is 1. The van der Waals surface area contributed by atoms with Crippen molar-refractivity contribution < 1.29 is 4.39 Å². The standard InChI is InChI=1S/C15H26FN3/c1-4-13-9-14(19(5-2)18-13)10-15(3,16)12-7-6-8-17-11-12/h9,12,17H,4-8,10-11H2,1-3H3. The van der Waals surface area contributed by atoms with Crippen LogP contribution in [0.3, 0.4) is 0 Å². The Bertz CT molecular complexity index is 406. The number of nitrogens with one attached hydrogen (secondary N) is 1. The van der Waals surface area contributed by atoms with Crippen molar-refractivity contribution in [2.24, 2.45) is 5.92 Å². The Morgan fingerprint density at radius 1 is 1.53 bits per heavy atom. The molecule has 1 aliphatic heterocycles. The Morgan fingerprint density at radius 2 is 2.32 bits per heavy atom. The summed E-state index contributed by atoms with van der Waals surface area (Å²) in [6.07, 6.45) is 3.45. The third-order valence-electron chi connectivity index (χ3n) is 4.25. The molecule has 2 atom stereocenters. The molecule has 1 saturated heterocycles. The summed E-state index contributed by atoms with van der Waals surface area (Å²) in [5.74, 6) is 0.117. The van der Waals surface area contributed by atoms with Crippen molar-refractivity contribution in [1.82, 2.24) is 15.1 Å². The van der Waals surface area contributed by atoms with Crippen LogP contribution in [-0.4, -0.2) is 28.5 Å². The van der Waals surface area contributed by atoms with E-state index in [9.17, 15) is 0 Å². The van der Waals surface area contributed by atoms with Gasteiger partial charge in [0.15, 0.2) is 0 Å². The lowest BCUT2D eigenvalue weighted by Gasteiger charge is -2.33. The molecule has 0 saturated carbocycles. The third-order valence-corrected chi connectivity index (χ3v) is 4.25. The Kier molecular flexibility index (Phi) is 4.61. The first kappa shape index (κ1) is 14.5. The predicted octanol–water partition coefficient (Wildman–Crippen LogP) is 2.74. The first-order valence-electron chi connectivity index (χ1n) is 7.52. The summed E-state index contributed by atoms with van der Waals surface area (Å²) in [6.45, 7) is 8.55. The quantitative estimate of drug-likeness (QED) is 0.889. The van der Waals surface area contributed by atoms with E-state index in [0.717, 1.165) is 50.3 Å². The van der Waals surface area contributed by atoms with E-state index in [2.05, 4.69) is 30.3 Å². The maximum absolute atomic E-state index is 15.0. The van der Waals surface area contributed by atoms with E-state index in [1.165, 1.54) is 0 Å². The summed E-state index contributed by atoms with van der Waals surface area (Å²) >= 11 is 0. The largest absolute Gasteiger partial charge is 0.316 e. The van der Waals surface area contributed by atoms with Gasteiger partial charge in [0, 0.05) is 31.1 Å². The second-order valence-electron chi connectivity index (χ2n) is 5.79. The number of piperidine rings is 1. The van der Waals surface area contributed by atoms with Gasteiger partial charge in [-0.05, 0) is 45.7 Å². The van der Waals surface area contributed by atoms with Crippen molar-refractivity contribution >= 4 is 0 Å². The fraction of sp³-hybridized carbons (Fsp3) is 0.800. The van der Waals surface area contributed by atoms with Crippen LogP contribution >= 0.6 is 0 Å². The monoisotopic (exact) mass is 267 g/mol. The fourth-order valence-electron chi connectivity index (χ4n) is 2.97. The molecule has 0 bridgehead atoms. The van der Waals surface area contributed by atoms with Gasteiger partial charge in [-0.1, -0.05) is 6.92 Å². The highest BCUT2D eigenvalue weighted by atomic mass is 19.1. The molecule has 1 fully saturated rings. The molecular formula is C15H26FN3. The van der Waals surface area contributed by atoms with Gasteiger partial charge in [-0.25, -0.2) is 4.39 Å². The molecule has 1 aromatic heterocycles. The van der Waals surface area contributed by atoms with Crippen LogP contribution in [0.1, 0.15) is 45.0 Å². The van der Waals surface area contributed by atoms with Crippen LogP contribution in [0.15, 0.2) is 6.07 Å². The average Bonchev–Trinajstić information content (AvgIpc) is 2.81. The van der Waals surface area contributed by atoms with E-state index in [-0.39, 0.29) is 5.92 Å². The predicted molar refractivity (Wildman–Crippen MR) is 76.1 cm³/mol. The molecule has 0 aliphatic carbocycles. The van der Waals surface area contributed by atoms with Crippen molar-refractivity contribution in [3.05, 3.63) is 17.5 Å². The average molecular weight is 267 g/mol. The van der Waals surface area contributed by atoms with Gasteiger partial charge < -0.3 is 5.32 Å². The molecule has 4 heteroatoms. The highest BCUT2D eigenvalue weighted by Gasteiger charge is 2.36. The molecule has 3 nitrogen and oxygen atoms in total. The SMILES string of the molecule is CCc1cc(CC(C)(F)C2CCCNC2)n(CC)n1. The highest BCUT2D eigenvalue weighted by Crippen LogP contribution is 2.31. The smallest absolute Gasteiger partial charge is 0.117 e. The van der Waals surface area contributed by atoms with E-state index in [4.69, 9.17) is 0 Å². The van der Waals surface area contributed by atoms with Gasteiger partial charge in [-0.15, -0.1) is 0 Å². The zero-order valence-electron chi connectivity index (χ0n) is 12.4. The van der Waals surface area contributed by atoms with Crippen LogP contribution in [-0.2, 0) is 19.4 Å². The number of aryl methyl sites for hydroxylation is 2. The highest BCUT2D eigenvalue weighted by molar-refractivity contribution is 5.13. The minimum atomic E-state index is -1.15. The van der Waals surface area contributed by atoms with Gasteiger partial charge >= 0.3 is 0 Å². The molecule has 19 heavy (non-hydrogen) atoms. The molecule has 2 rings (SSSR count). The van der Waals surface area contributed by atoms with Crippen molar-refractivity contribution in [2.75, 3.05) is 13.1 Å². The minimum absolute atomic E-state index is 0.117. The summed E-state index contributed by atoms with van der Waals surface area (Å²) in [4.78, 5) is 0. The fourth-order valence-corrected chi connectivity index (χ4v) is 2.97.